The first-order chi connectivity index (χ1) is 8.50. The smallest absolute Gasteiger partial charge is 0.273 e. The van der Waals surface area contributed by atoms with Crippen LogP contribution < -0.4 is 10.6 Å². The molecule has 6 heteroatoms. The van der Waals surface area contributed by atoms with Crippen molar-refractivity contribution in [1.82, 2.24) is 15.6 Å². The van der Waals surface area contributed by atoms with Gasteiger partial charge in [0.25, 0.3) is 5.91 Å². The third-order valence-corrected chi connectivity index (χ3v) is 2.09. The summed E-state index contributed by atoms with van der Waals surface area (Å²) in [6.07, 6.45) is 1.61. The van der Waals surface area contributed by atoms with Crippen LogP contribution in [0, 0.1) is 0 Å². The van der Waals surface area contributed by atoms with Gasteiger partial charge >= 0.3 is 0 Å². The summed E-state index contributed by atoms with van der Waals surface area (Å²) in [5.41, 5.74) is -0.0400. The van der Waals surface area contributed by atoms with Crippen LogP contribution in [0.1, 0.15) is 30.8 Å². The van der Waals surface area contributed by atoms with E-state index in [0.29, 0.717) is 0 Å². The summed E-state index contributed by atoms with van der Waals surface area (Å²) in [6, 6.07) is 2.99. The van der Waals surface area contributed by atoms with Crippen LogP contribution in [0.2, 0.25) is 0 Å². The average Bonchev–Trinajstić information content (AvgIpc) is 2.28. The van der Waals surface area contributed by atoms with Gasteiger partial charge in [-0.05, 0) is 26.0 Å². The number of aromatic nitrogens is 1. The predicted octanol–water partition coefficient (Wildman–Crippen LogP) is 0.432. The molecule has 0 saturated carbocycles. The lowest BCUT2D eigenvalue weighted by Gasteiger charge is -2.09. The molecule has 0 bridgehead atoms. The highest BCUT2D eigenvalue weighted by Gasteiger charge is 2.12. The summed E-state index contributed by atoms with van der Waals surface area (Å²) in [5.74, 6) is -0.803. The largest absolute Gasteiger partial charge is 0.505 e. The Bertz CT molecular complexity index is 432. The molecule has 1 aromatic heterocycles. The van der Waals surface area contributed by atoms with Crippen LogP contribution in [0.25, 0.3) is 0 Å². The topological polar surface area (TPSA) is 91.3 Å². The van der Waals surface area contributed by atoms with Gasteiger partial charge in [-0.15, -0.1) is 0 Å². The van der Waals surface area contributed by atoms with E-state index in [9.17, 15) is 14.7 Å². The second-order valence-electron chi connectivity index (χ2n) is 4.10. The maximum absolute atomic E-state index is 11.6. The molecule has 0 radical (unpaired) electrons. The molecule has 98 valence electrons. The number of carbonyl (C=O) groups excluding carboxylic acids is 2. The standard InChI is InChI=1S/C12H17N3O3/c1-8(2)15-10(17)5-7-14-12(18)11-9(16)4-3-6-13-11/h3-4,6,8,16H,5,7H2,1-2H3,(H,14,18)(H,15,17). The summed E-state index contributed by atoms with van der Waals surface area (Å²) in [6.45, 7) is 3.93. The number of carbonyl (C=O) groups is 2. The zero-order valence-electron chi connectivity index (χ0n) is 10.4. The first-order valence-electron chi connectivity index (χ1n) is 5.72. The van der Waals surface area contributed by atoms with Crippen molar-refractivity contribution in [2.75, 3.05) is 6.54 Å². The number of nitrogens with zero attached hydrogens (tertiary/aromatic N) is 1. The predicted molar refractivity (Wildman–Crippen MR) is 66.1 cm³/mol. The maximum atomic E-state index is 11.6. The summed E-state index contributed by atoms with van der Waals surface area (Å²) < 4.78 is 0. The van der Waals surface area contributed by atoms with Crippen LogP contribution in [-0.2, 0) is 4.79 Å². The van der Waals surface area contributed by atoms with E-state index >= 15 is 0 Å². The molecule has 6 nitrogen and oxygen atoms in total. The van der Waals surface area contributed by atoms with Crippen molar-refractivity contribution in [3.63, 3.8) is 0 Å². The Morgan fingerprint density at radius 2 is 2.17 bits per heavy atom. The van der Waals surface area contributed by atoms with Crippen molar-refractivity contribution >= 4 is 11.8 Å². The molecule has 0 aliphatic heterocycles. The van der Waals surface area contributed by atoms with Gasteiger partial charge in [-0.25, -0.2) is 4.98 Å². The third kappa shape index (κ3) is 4.40. The van der Waals surface area contributed by atoms with Gasteiger partial charge in [0.15, 0.2) is 5.69 Å². The minimum atomic E-state index is -0.495. The van der Waals surface area contributed by atoms with E-state index in [4.69, 9.17) is 0 Å². The van der Waals surface area contributed by atoms with Gasteiger partial charge in [0.05, 0.1) is 0 Å². The van der Waals surface area contributed by atoms with E-state index in [1.54, 1.807) is 0 Å². The highest BCUT2D eigenvalue weighted by molar-refractivity contribution is 5.94. The first kappa shape index (κ1) is 14.0. The first-order valence-corrected chi connectivity index (χ1v) is 5.72. The Kier molecular flexibility index (Phi) is 5.10. The molecule has 1 aromatic rings. The molecule has 18 heavy (non-hydrogen) atoms. The van der Waals surface area contributed by atoms with Crippen LogP contribution >= 0.6 is 0 Å². The molecule has 1 heterocycles. The Morgan fingerprint density at radius 1 is 1.44 bits per heavy atom. The summed E-state index contributed by atoms with van der Waals surface area (Å²) >= 11 is 0. The maximum Gasteiger partial charge on any atom is 0.273 e. The van der Waals surface area contributed by atoms with Gasteiger partial charge < -0.3 is 15.7 Å². The summed E-state index contributed by atoms with van der Waals surface area (Å²) in [5, 5.41) is 14.6. The molecule has 0 fully saturated rings. The summed E-state index contributed by atoms with van der Waals surface area (Å²) in [7, 11) is 0. The van der Waals surface area contributed by atoms with E-state index in [1.807, 2.05) is 13.8 Å². The molecule has 0 unspecified atom stereocenters. The molecule has 0 aromatic carbocycles. The lowest BCUT2D eigenvalue weighted by atomic mass is 10.3. The van der Waals surface area contributed by atoms with Gasteiger partial charge in [0, 0.05) is 25.2 Å². The Morgan fingerprint density at radius 3 is 2.78 bits per heavy atom. The number of pyridine rings is 1. The number of amides is 2. The number of hydrogen-bond donors (Lipinski definition) is 3. The van der Waals surface area contributed by atoms with Crippen LogP contribution in [0.5, 0.6) is 5.75 Å². The van der Waals surface area contributed by atoms with E-state index in [1.165, 1.54) is 18.3 Å². The second-order valence-corrected chi connectivity index (χ2v) is 4.10. The third-order valence-electron chi connectivity index (χ3n) is 2.09. The van der Waals surface area contributed by atoms with E-state index in [2.05, 4.69) is 15.6 Å². The number of aromatic hydroxyl groups is 1. The fourth-order valence-electron chi connectivity index (χ4n) is 1.34. The van der Waals surface area contributed by atoms with E-state index in [0.717, 1.165) is 0 Å². The zero-order chi connectivity index (χ0) is 13.5. The molecule has 3 N–H and O–H groups in total. The fraction of sp³-hybridized carbons (Fsp3) is 0.417. The fourth-order valence-corrected chi connectivity index (χ4v) is 1.34. The van der Waals surface area contributed by atoms with Crippen molar-refractivity contribution in [2.24, 2.45) is 0 Å². The van der Waals surface area contributed by atoms with E-state index < -0.39 is 5.91 Å². The van der Waals surface area contributed by atoms with Gasteiger partial charge in [-0.3, -0.25) is 9.59 Å². The zero-order valence-corrected chi connectivity index (χ0v) is 10.4. The molecule has 2 amide bonds. The van der Waals surface area contributed by atoms with Crippen molar-refractivity contribution < 1.29 is 14.7 Å². The number of rotatable bonds is 5. The van der Waals surface area contributed by atoms with E-state index in [-0.39, 0.29) is 36.4 Å². The Balaban J connectivity index is 2.39. The van der Waals surface area contributed by atoms with Crippen molar-refractivity contribution in [3.8, 4) is 5.75 Å². The van der Waals surface area contributed by atoms with Crippen LogP contribution in [-0.4, -0.2) is 34.5 Å². The average molecular weight is 251 g/mol. The van der Waals surface area contributed by atoms with Gasteiger partial charge in [-0.2, -0.15) is 0 Å². The molecule has 1 rings (SSSR count). The molecule has 0 atom stereocenters. The minimum Gasteiger partial charge on any atom is -0.505 e. The Hall–Kier alpha value is -2.11. The summed E-state index contributed by atoms with van der Waals surface area (Å²) in [4.78, 5) is 26.7. The van der Waals surface area contributed by atoms with Crippen LogP contribution in [0.15, 0.2) is 18.3 Å². The number of nitrogens with one attached hydrogen (secondary N) is 2. The van der Waals surface area contributed by atoms with Gasteiger partial charge in [0.2, 0.25) is 5.91 Å². The van der Waals surface area contributed by atoms with Gasteiger partial charge in [-0.1, -0.05) is 0 Å². The van der Waals surface area contributed by atoms with Crippen molar-refractivity contribution in [1.29, 1.82) is 0 Å². The molecule has 0 saturated heterocycles. The molecule has 0 spiro atoms. The lowest BCUT2D eigenvalue weighted by Crippen LogP contribution is -2.34. The van der Waals surface area contributed by atoms with Crippen LogP contribution in [0.4, 0.5) is 0 Å². The SMILES string of the molecule is CC(C)NC(=O)CCNC(=O)c1ncccc1O. The Labute approximate surface area is 105 Å². The molecule has 0 aliphatic carbocycles. The molecular weight excluding hydrogens is 234 g/mol. The minimum absolute atomic E-state index is 0.0400. The molecular formula is C12H17N3O3. The lowest BCUT2D eigenvalue weighted by molar-refractivity contribution is -0.121. The van der Waals surface area contributed by atoms with Crippen molar-refractivity contribution in [3.05, 3.63) is 24.0 Å². The van der Waals surface area contributed by atoms with Crippen molar-refractivity contribution in [2.45, 2.75) is 26.3 Å². The highest BCUT2D eigenvalue weighted by atomic mass is 16.3. The highest BCUT2D eigenvalue weighted by Crippen LogP contribution is 2.11. The number of hydrogen-bond acceptors (Lipinski definition) is 4. The van der Waals surface area contributed by atoms with Gasteiger partial charge in [0.1, 0.15) is 5.75 Å². The quantitative estimate of drug-likeness (QED) is 0.707. The second kappa shape index (κ2) is 6.58. The van der Waals surface area contributed by atoms with Crippen LogP contribution in [0.3, 0.4) is 0 Å². The normalized spacial score (nSPS) is 10.2. The monoisotopic (exact) mass is 251 g/mol. The molecule has 0 aliphatic rings.